The molecule has 2 amide bonds. The summed E-state index contributed by atoms with van der Waals surface area (Å²) in [5, 5.41) is 16.0. The average molecular weight is 183 g/mol. The van der Waals surface area contributed by atoms with Gasteiger partial charge in [-0.25, -0.2) is 0 Å². The molecule has 0 radical (unpaired) electrons. The van der Waals surface area contributed by atoms with Gasteiger partial charge in [-0.05, 0) is 0 Å². The molecule has 6 nitrogen and oxygen atoms in total. The number of aliphatic hydroxyl groups excluding tert-OH is 1. The molecule has 0 aliphatic carbocycles. The van der Waals surface area contributed by atoms with Crippen molar-refractivity contribution in [3.05, 3.63) is 11.3 Å². The Bertz CT molecular complexity index is 308. The fraction of sp³-hybridized carbons (Fsp3) is 0.286. The van der Waals surface area contributed by atoms with Crippen molar-refractivity contribution in [1.29, 1.82) is 5.41 Å². The molecule has 1 heterocycles. The third kappa shape index (κ3) is 1.66. The van der Waals surface area contributed by atoms with Crippen molar-refractivity contribution in [2.75, 3.05) is 13.1 Å². The number of primary amides is 1. The lowest BCUT2D eigenvalue weighted by atomic mass is 10.3. The van der Waals surface area contributed by atoms with E-state index in [2.05, 4.69) is 0 Å². The number of carbonyl (C=O) groups is 2. The molecule has 70 valence electrons. The van der Waals surface area contributed by atoms with Crippen LogP contribution in [0.3, 0.4) is 0 Å². The van der Waals surface area contributed by atoms with E-state index in [1.54, 1.807) is 0 Å². The normalized spacial score (nSPS) is 16.6. The minimum absolute atomic E-state index is 0.0491. The van der Waals surface area contributed by atoms with Gasteiger partial charge in [0.15, 0.2) is 0 Å². The second-order valence-electron chi connectivity index (χ2n) is 2.63. The van der Waals surface area contributed by atoms with Crippen LogP contribution in [0.5, 0.6) is 0 Å². The Hall–Kier alpha value is -1.85. The molecular weight excluding hydrogens is 174 g/mol. The third-order valence-electron chi connectivity index (χ3n) is 1.66. The van der Waals surface area contributed by atoms with Crippen LogP contribution in [0, 0.1) is 5.41 Å². The molecule has 0 atom stereocenters. The number of nitrogens with two attached hydrogens (primary N) is 1. The summed E-state index contributed by atoms with van der Waals surface area (Å²) in [6.45, 7) is -0.285. The Morgan fingerprint density at radius 2 is 2.38 bits per heavy atom. The molecule has 6 heteroatoms. The number of amides is 2. The standard InChI is InChI=1S/C7H9N3O3/c8-1-4-5(11)2-10(7(4)13)3-6(9)12/h1,8,11H,2-3H2,(H2,9,12). The molecule has 0 aromatic heterocycles. The quantitative estimate of drug-likeness (QED) is 0.477. The van der Waals surface area contributed by atoms with Gasteiger partial charge in [-0.1, -0.05) is 0 Å². The van der Waals surface area contributed by atoms with Crippen molar-refractivity contribution >= 4 is 18.0 Å². The molecule has 13 heavy (non-hydrogen) atoms. The van der Waals surface area contributed by atoms with Gasteiger partial charge in [-0.2, -0.15) is 0 Å². The monoisotopic (exact) mass is 183 g/mol. The van der Waals surface area contributed by atoms with Crippen LogP contribution >= 0.6 is 0 Å². The summed E-state index contributed by atoms with van der Waals surface area (Å²) < 4.78 is 0. The fourth-order valence-corrected chi connectivity index (χ4v) is 1.09. The summed E-state index contributed by atoms with van der Waals surface area (Å²) >= 11 is 0. The van der Waals surface area contributed by atoms with E-state index in [-0.39, 0.29) is 24.4 Å². The first-order chi connectivity index (χ1) is 6.06. The molecule has 0 aromatic carbocycles. The van der Waals surface area contributed by atoms with Crippen LogP contribution in [0.2, 0.25) is 0 Å². The lowest BCUT2D eigenvalue weighted by Gasteiger charge is -2.12. The van der Waals surface area contributed by atoms with E-state index in [1.807, 2.05) is 0 Å². The number of hydrogen-bond acceptors (Lipinski definition) is 4. The SMILES string of the molecule is N=CC1=C(O)CN(CC(N)=O)C1=O. The molecule has 0 bridgehead atoms. The zero-order chi connectivity index (χ0) is 10.0. The summed E-state index contributed by atoms with van der Waals surface area (Å²) in [5.41, 5.74) is 4.79. The molecular formula is C7H9N3O3. The maximum Gasteiger partial charge on any atom is 0.259 e. The molecule has 1 aliphatic rings. The van der Waals surface area contributed by atoms with Crippen molar-refractivity contribution in [2.24, 2.45) is 5.73 Å². The summed E-state index contributed by atoms with van der Waals surface area (Å²) in [4.78, 5) is 22.8. The van der Waals surface area contributed by atoms with Gasteiger partial charge in [0, 0.05) is 6.21 Å². The topological polar surface area (TPSA) is 107 Å². The van der Waals surface area contributed by atoms with Crippen LogP contribution in [0.15, 0.2) is 11.3 Å². The van der Waals surface area contributed by atoms with E-state index < -0.39 is 11.8 Å². The van der Waals surface area contributed by atoms with E-state index in [4.69, 9.17) is 16.2 Å². The lowest BCUT2D eigenvalue weighted by molar-refractivity contribution is -0.130. The van der Waals surface area contributed by atoms with E-state index in [1.165, 1.54) is 0 Å². The molecule has 0 saturated heterocycles. The Labute approximate surface area is 74.1 Å². The third-order valence-corrected chi connectivity index (χ3v) is 1.66. The maximum atomic E-state index is 11.2. The first kappa shape index (κ1) is 9.24. The second-order valence-corrected chi connectivity index (χ2v) is 2.63. The first-order valence-corrected chi connectivity index (χ1v) is 3.56. The van der Waals surface area contributed by atoms with Gasteiger partial charge in [0.2, 0.25) is 5.91 Å². The number of rotatable bonds is 3. The predicted octanol–water partition coefficient (Wildman–Crippen LogP) is -1.22. The average Bonchev–Trinajstić information content (AvgIpc) is 2.26. The minimum Gasteiger partial charge on any atom is -0.510 e. The zero-order valence-corrected chi connectivity index (χ0v) is 6.78. The highest BCUT2D eigenvalue weighted by Crippen LogP contribution is 2.14. The largest absolute Gasteiger partial charge is 0.510 e. The van der Waals surface area contributed by atoms with Gasteiger partial charge in [-0.15, -0.1) is 0 Å². The molecule has 0 fully saturated rings. The summed E-state index contributed by atoms with van der Waals surface area (Å²) in [5.74, 6) is -1.38. The summed E-state index contributed by atoms with van der Waals surface area (Å²) in [6.07, 6.45) is 0.763. The first-order valence-electron chi connectivity index (χ1n) is 3.56. The van der Waals surface area contributed by atoms with Gasteiger partial charge in [-0.3, -0.25) is 9.59 Å². The van der Waals surface area contributed by atoms with Crippen LogP contribution in [0.4, 0.5) is 0 Å². The number of carbonyl (C=O) groups excluding carboxylic acids is 2. The Balaban J connectivity index is 2.76. The van der Waals surface area contributed by atoms with Crippen molar-refractivity contribution < 1.29 is 14.7 Å². The van der Waals surface area contributed by atoms with Gasteiger partial charge in [0.05, 0.1) is 12.1 Å². The molecule has 0 aromatic rings. The van der Waals surface area contributed by atoms with Crippen LogP contribution in [0.25, 0.3) is 0 Å². The van der Waals surface area contributed by atoms with Crippen molar-refractivity contribution in [1.82, 2.24) is 4.90 Å². The van der Waals surface area contributed by atoms with Gasteiger partial charge in [0.25, 0.3) is 5.91 Å². The highest BCUT2D eigenvalue weighted by Gasteiger charge is 2.29. The minimum atomic E-state index is -0.646. The Morgan fingerprint density at radius 3 is 2.77 bits per heavy atom. The smallest absolute Gasteiger partial charge is 0.259 e. The van der Waals surface area contributed by atoms with Crippen LogP contribution in [0.1, 0.15) is 0 Å². The van der Waals surface area contributed by atoms with Crippen LogP contribution in [-0.4, -0.2) is 41.1 Å². The van der Waals surface area contributed by atoms with E-state index in [0.717, 1.165) is 11.1 Å². The van der Waals surface area contributed by atoms with E-state index in [9.17, 15) is 9.59 Å². The van der Waals surface area contributed by atoms with Gasteiger partial charge in [0.1, 0.15) is 12.3 Å². The summed E-state index contributed by atoms with van der Waals surface area (Å²) in [6, 6.07) is 0. The predicted molar refractivity (Wildman–Crippen MR) is 44.2 cm³/mol. The van der Waals surface area contributed by atoms with Crippen molar-refractivity contribution in [3.63, 3.8) is 0 Å². The Morgan fingerprint density at radius 1 is 1.77 bits per heavy atom. The second kappa shape index (κ2) is 3.26. The zero-order valence-electron chi connectivity index (χ0n) is 6.78. The molecule has 0 unspecified atom stereocenters. The molecule has 0 spiro atoms. The molecule has 0 saturated carbocycles. The fourth-order valence-electron chi connectivity index (χ4n) is 1.09. The maximum absolute atomic E-state index is 11.2. The number of hydrogen-bond donors (Lipinski definition) is 3. The molecule has 4 N–H and O–H groups in total. The highest BCUT2D eigenvalue weighted by molar-refractivity contribution is 6.14. The van der Waals surface area contributed by atoms with Crippen molar-refractivity contribution in [2.45, 2.75) is 0 Å². The van der Waals surface area contributed by atoms with Gasteiger partial charge >= 0.3 is 0 Å². The lowest BCUT2D eigenvalue weighted by Crippen LogP contribution is -2.36. The summed E-state index contributed by atoms with van der Waals surface area (Å²) in [7, 11) is 0. The number of nitrogens with one attached hydrogen (secondary N) is 1. The highest BCUT2D eigenvalue weighted by atomic mass is 16.3. The Kier molecular flexibility index (Phi) is 2.32. The molecule has 1 rings (SSSR count). The van der Waals surface area contributed by atoms with E-state index in [0.29, 0.717) is 0 Å². The van der Waals surface area contributed by atoms with Crippen LogP contribution < -0.4 is 5.73 Å². The van der Waals surface area contributed by atoms with Gasteiger partial charge < -0.3 is 21.1 Å². The van der Waals surface area contributed by atoms with Crippen LogP contribution in [-0.2, 0) is 9.59 Å². The number of nitrogens with zero attached hydrogens (tertiary/aromatic N) is 1. The van der Waals surface area contributed by atoms with E-state index >= 15 is 0 Å². The molecule has 1 aliphatic heterocycles. The van der Waals surface area contributed by atoms with Crippen molar-refractivity contribution in [3.8, 4) is 0 Å². The number of aliphatic hydroxyl groups is 1.